The second-order valence-electron chi connectivity index (χ2n) is 3.70. The first-order chi connectivity index (χ1) is 5.79. The van der Waals surface area contributed by atoms with Gasteiger partial charge in [-0.25, -0.2) is 0 Å². The summed E-state index contributed by atoms with van der Waals surface area (Å²) in [4.78, 5) is 22.8. The maximum absolute atomic E-state index is 11.5. The third-order valence-electron chi connectivity index (χ3n) is 3.21. The van der Waals surface area contributed by atoms with Crippen LogP contribution in [0.2, 0.25) is 0 Å². The summed E-state index contributed by atoms with van der Waals surface area (Å²) in [6, 6.07) is 0. The van der Waals surface area contributed by atoms with Gasteiger partial charge in [-0.2, -0.15) is 0 Å². The minimum absolute atomic E-state index is 0.0164. The van der Waals surface area contributed by atoms with Gasteiger partial charge in [-0.1, -0.05) is 18.2 Å². The predicted octanol–water partition coefficient (Wildman–Crippen LogP) is 0.743. The third kappa shape index (κ3) is 0.501. The fraction of sp³-hybridized carbons (Fsp3) is 0.400. The number of carbonyl (C=O) groups is 2. The molecule has 1 fully saturated rings. The van der Waals surface area contributed by atoms with Gasteiger partial charge in [0.1, 0.15) is 5.78 Å². The van der Waals surface area contributed by atoms with E-state index in [9.17, 15) is 9.59 Å². The lowest BCUT2D eigenvalue weighted by Crippen LogP contribution is -2.20. The molecule has 3 rings (SSSR count). The summed E-state index contributed by atoms with van der Waals surface area (Å²) in [5.74, 6) is 0.477. The molecule has 0 aliphatic heterocycles. The van der Waals surface area contributed by atoms with Gasteiger partial charge in [0.05, 0.1) is 0 Å². The molecule has 0 unspecified atom stereocenters. The van der Waals surface area contributed by atoms with Crippen LogP contribution in [0.1, 0.15) is 0 Å². The normalized spacial score (nSPS) is 47.7. The number of carbonyl (C=O) groups excluding carboxylic acids is 2. The minimum atomic E-state index is -0.0949. The highest BCUT2D eigenvalue weighted by molar-refractivity contribution is 6.05. The van der Waals surface area contributed by atoms with Crippen LogP contribution in [-0.4, -0.2) is 11.6 Å². The third-order valence-corrected chi connectivity index (χ3v) is 3.21. The van der Waals surface area contributed by atoms with E-state index in [-0.39, 0.29) is 35.2 Å². The van der Waals surface area contributed by atoms with Crippen molar-refractivity contribution in [1.82, 2.24) is 0 Å². The van der Waals surface area contributed by atoms with Crippen molar-refractivity contribution >= 4 is 11.6 Å². The molecule has 2 heteroatoms. The summed E-state index contributed by atoms with van der Waals surface area (Å²) in [7, 11) is 0. The van der Waals surface area contributed by atoms with Gasteiger partial charge in [0, 0.05) is 23.7 Å². The molecule has 0 aromatic carbocycles. The molecule has 0 aromatic rings. The highest BCUT2D eigenvalue weighted by Crippen LogP contribution is 2.48. The van der Waals surface area contributed by atoms with E-state index in [1.165, 1.54) is 0 Å². The second-order valence-corrected chi connectivity index (χ2v) is 3.70. The smallest absolute Gasteiger partial charge is 0.160 e. The van der Waals surface area contributed by atoms with Crippen molar-refractivity contribution in [2.75, 3.05) is 0 Å². The van der Waals surface area contributed by atoms with Gasteiger partial charge in [-0.15, -0.1) is 0 Å². The van der Waals surface area contributed by atoms with Crippen molar-refractivity contribution in [2.24, 2.45) is 23.7 Å². The van der Waals surface area contributed by atoms with E-state index in [4.69, 9.17) is 0 Å². The fourth-order valence-corrected chi connectivity index (χ4v) is 2.65. The predicted molar refractivity (Wildman–Crippen MR) is 42.3 cm³/mol. The molecule has 60 valence electrons. The lowest BCUT2D eigenvalue weighted by Gasteiger charge is -2.15. The zero-order chi connectivity index (χ0) is 8.29. The number of hydrogen-bond acceptors (Lipinski definition) is 2. The molecular weight excluding hydrogens is 152 g/mol. The Hall–Kier alpha value is -1.18. The Bertz CT molecular complexity index is 338. The van der Waals surface area contributed by atoms with Gasteiger partial charge < -0.3 is 0 Å². The van der Waals surface area contributed by atoms with E-state index in [2.05, 4.69) is 0 Å². The lowest BCUT2D eigenvalue weighted by molar-refractivity contribution is -0.124. The molecule has 4 atom stereocenters. The van der Waals surface area contributed by atoms with E-state index in [0.717, 1.165) is 0 Å². The van der Waals surface area contributed by atoms with Crippen molar-refractivity contribution < 1.29 is 9.59 Å². The second kappa shape index (κ2) is 1.76. The van der Waals surface area contributed by atoms with E-state index in [1.807, 2.05) is 18.2 Å². The monoisotopic (exact) mass is 160 g/mol. The highest BCUT2D eigenvalue weighted by atomic mass is 16.1. The zero-order valence-corrected chi connectivity index (χ0v) is 6.44. The summed E-state index contributed by atoms with van der Waals surface area (Å²) in [6.45, 7) is 0. The first-order valence-corrected chi connectivity index (χ1v) is 4.23. The first kappa shape index (κ1) is 6.35. The van der Waals surface area contributed by atoms with Gasteiger partial charge in [-0.3, -0.25) is 9.59 Å². The molecule has 2 nitrogen and oxygen atoms in total. The minimum Gasteiger partial charge on any atom is -0.298 e. The average molecular weight is 160 g/mol. The van der Waals surface area contributed by atoms with Gasteiger partial charge in [-0.05, 0) is 6.08 Å². The van der Waals surface area contributed by atoms with Gasteiger partial charge in [0.2, 0.25) is 0 Å². The number of fused-ring (bicyclic) bond motifs is 5. The average Bonchev–Trinajstić information content (AvgIpc) is 2.66. The topological polar surface area (TPSA) is 34.1 Å². The number of Topliss-reactive ketones (excluding diaryl/α,β-unsaturated/α-hetero) is 1. The first-order valence-electron chi connectivity index (χ1n) is 4.23. The Morgan fingerprint density at radius 3 is 2.50 bits per heavy atom. The van der Waals surface area contributed by atoms with Crippen LogP contribution < -0.4 is 0 Å². The van der Waals surface area contributed by atoms with Crippen LogP contribution in [0, 0.1) is 23.7 Å². The van der Waals surface area contributed by atoms with Crippen LogP contribution in [0.5, 0.6) is 0 Å². The molecule has 0 aromatic heterocycles. The Morgan fingerprint density at radius 2 is 1.75 bits per heavy atom. The standard InChI is InChI=1S/C10H8O2/c11-8-4-3-5-6-1-2-7(9(5)8)10(6)12/h1-7,9H/t5-,6-,7-,9+/m1/s1. The molecule has 2 bridgehead atoms. The number of rotatable bonds is 0. The molecule has 0 radical (unpaired) electrons. The van der Waals surface area contributed by atoms with Crippen molar-refractivity contribution in [3.8, 4) is 0 Å². The van der Waals surface area contributed by atoms with Crippen molar-refractivity contribution in [3.05, 3.63) is 24.3 Å². The van der Waals surface area contributed by atoms with Crippen LogP contribution in [0.3, 0.4) is 0 Å². The van der Waals surface area contributed by atoms with Gasteiger partial charge in [0.25, 0.3) is 0 Å². The number of ketones is 2. The zero-order valence-electron chi connectivity index (χ0n) is 6.44. The summed E-state index contributed by atoms with van der Waals surface area (Å²) in [6.07, 6.45) is 7.39. The van der Waals surface area contributed by atoms with Gasteiger partial charge >= 0.3 is 0 Å². The summed E-state index contributed by atoms with van der Waals surface area (Å²) < 4.78 is 0. The molecule has 3 aliphatic carbocycles. The van der Waals surface area contributed by atoms with Crippen molar-refractivity contribution in [1.29, 1.82) is 0 Å². The number of allylic oxidation sites excluding steroid dienone is 4. The Balaban J connectivity index is 2.13. The molecule has 0 amide bonds. The Kier molecular flexibility index (Phi) is 0.932. The maximum atomic E-state index is 11.5. The lowest BCUT2D eigenvalue weighted by atomic mass is 9.85. The van der Waals surface area contributed by atoms with Crippen LogP contribution in [-0.2, 0) is 9.59 Å². The Labute approximate surface area is 70.0 Å². The quantitative estimate of drug-likeness (QED) is 0.490. The summed E-state index contributed by atoms with van der Waals surface area (Å²) >= 11 is 0. The largest absolute Gasteiger partial charge is 0.298 e. The highest BCUT2D eigenvalue weighted by Gasteiger charge is 2.54. The molecule has 3 aliphatic rings. The molecule has 0 spiro atoms. The van der Waals surface area contributed by atoms with Crippen molar-refractivity contribution in [2.45, 2.75) is 0 Å². The molecule has 12 heavy (non-hydrogen) atoms. The van der Waals surface area contributed by atoms with E-state index in [1.54, 1.807) is 6.08 Å². The summed E-state index contributed by atoms with van der Waals surface area (Å²) in [5.41, 5.74) is 0. The fourth-order valence-electron chi connectivity index (χ4n) is 2.65. The van der Waals surface area contributed by atoms with Crippen LogP contribution in [0.15, 0.2) is 24.3 Å². The molecule has 1 saturated carbocycles. The van der Waals surface area contributed by atoms with E-state index >= 15 is 0 Å². The molecule has 0 heterocycles. The van der Waals surface area contributed by atoms with Crippen LogP contribution >= 0.6 is 0 Å². The van der Waals surface area contributed by atoms with Crippen LogP contribution in [0.25, 0.3) is 0 Å². The molecule has 0 N–H and O–H groups in total. The van der Waals surface area contributed by atoms with Gasteiger partial charge in [0.15, 0.2) is 5.78 Å². The van der Waals surface area contributed by atoms with E-state index in [0.29, 0.717) is 0 Å². The molecule has 0 saturated heterocycles. The Morgan fingerprint density at radius 1 is 1.00 bits per heavy atom. The number of hydrogen-bond donors (Lipinski definition) is 0. The van der Waals surface area contributed by atoms with E-state index < -0.39 is 0 Å². The van der Waals surface area contributed by atoms with Crippen molar-refractivity contribution in [3.63, 3.8) is 0 Å². The maximum Gasteiger partial charge on any atom is 0.160 e. The SMILES string of the molecule is O=C1C=C[C@H]2[C@H]1[C@H]1C=C[C@H]2C1=O. The summed E-state index contributed by atoms with van der Waals surface area (Å²) in [5, 5.41) is 0. The molecular formula is C10H8O2. The van der Waals surface area contributed by atoms with Crippen LogP contribution in [0.4, 0.5) is 0 Å².